The highest BCUT2D eigenvalue weighted by Gasteiger charge is 2.24. The van der Waals surface area contributed by atoms with Crippen LogP contribution in [0.25, 0.3) is 22.3 Å². The average Bonchev–Trinajstić information content (AvgIpc) is 2.99. The summed E-state index contributed by atoms with van der Waals surface area (Å²) in [5.41, 5.74) is 7.37. The fourth-order valence-electron chi connectivity index (χ4n) is 5.53. The summed E-state index contributed by atoms with van der Waals surface area (Å²) < 4.78 is 0.211. The summed E-state index contributed by atoms with van der Waals surface area (Å²) in [6.07, 6.45) is 8.83. The van der Waals surface area contributed by atoms with Gasteiger partial charge in [0.2, 0.25) is 0 Å². The van der Waals surface area contributed by atoms with Crippen molar-refractivity contribution >= 4 is 36.0 Å². The van der Waals surface area contributed by atoms with Crippen molar-refractivity contribution < 1.29 is 0 Å². The van der Waals surface area contributed by atoms with Gasteiger partial charge in [-0.25, -0.2) is 0 Å². The van der Waals surface area contributed by atoms with E-state index in [1.807, 2.05) is 23.5 Å². The van der Waals surface area contributed by atoms with Crippen molar-refractivity contribution in [2.45, 2.75) is 98.6 Å². The van der Waals surface area contributed by atoms with Gasteiger partial charge < -0.3 is 0 Å². The van der Waals surface area contributed by atoms with Gasteiger partial charge in [0.1, 0.15) is 0 Å². The molecule has 2 nitrogen and oxygen atoms in total. The third-order valence-electron chi connectivity index (χ3n) is 7.58. The Hall–Kier alpha value is -3.08. The highest BCUT2D eigenvalue weighted by Crippen LogP contribution is 2.38. The molecule has 44 heavy (non-hydrogen) atoms. The molecule has 1 saturated carbocycles. The predicted octanol–water partition coefficient (Wildman–Crippen LogP) is 11.7. The van der Waals surface area contributed by atoms with Crippen molar-refractivity contribution in [2.24, 2.45) is 9.98 Å². The molecule has 4 aromatic carbocycles. The van der Waals surface area contributed by atoms with Crippen molar-refractivity contribution in [1.29, 1.82) is 0 Å². The Kier molecular flexibility index (Phi) is 10.5. The molecule has 1 fully saturated rings. The second-order valence-electron chi connectivity index (χ2n) is 13.6. The molecule has 0 N–H and O–H groups in total. The monoisotopic (exact) mass is 618 g/mol. The van der Waals surface area contributed by atoms with Gasteiger partial charge in [0, 0.05) is 42.8 Å². The van der Waals surface area contributed by atoms with Crippen LogP contribution in [-0.2, 0) is 0 Å². The first-order valence-corrected chi connectivity index (χ1v) is 17.5. The lowest BCUT2D eigenvalue weighted by atomic mass is 9.91. The third kappa shape index (κ3) is 9.22. The van der Waals surface area contributed by atoms with Gasteiger partial charge in [-0.3, -0.25) is 9.98 Å². The first-order chi connectivity index (χ1) is 21.0. The van der Waals surface area contributed by atoms with Crippen molar-refractivity contribution in [3.8, 4) is 22.3 Å². The standard InChI is InChI=1S/C40H46N2S2/c1-39(2,3)43-37-25-31(29-15-9-7-10-16-29)21-23-33(37)27-41-35-19-13-14-20-36(35)42-28-34-24-22-32(30-17-11-8-12-18-30)26-38(34)44-40(4,5)6/h7-12,15-18,21-28,35-36H,13-14,19-20H2,1-6H3/t35-,36-/m1/s1. The summed E-state index contributed by atoms with van der Waals surface area (Å²) in [5, 5.41) is 0. The zero-order valence-electron chi connectivity index (χ0n) is 27.1. The summed E-state index contributed by atoms with van der Waals surface area (Å²) in [7, 11) is 0. The van der Waals surface area contributed by atoms with E-state index in [9.17, 15) is 0 Å². The van der Waals surface area contributed by atoms with E-state index in [0.29, 0.717) is 0 Å². The van der Waals surface area contributed by atoms with E-state index in [1.54, 1.807) is 0 Å². The smallest absolute Gasteiger partial charge is 0.0723 e. The maximum absolute atomic E-state index is 5.22. The molecule has 228 valence electrons. The van der Waals surface area contributed by atoms with Gasteiger partial charge in [-0.1, -0.05) is 139 Å². The summed E-state index contributed by atoms with van der Waals surface area (Å²) in [6, 6.07) is 35.3. The van der Waals surface area contributed by atoms with Crippen LogP contribution in [0.4, 0.5) is 0 Å². The predicted molar refractivity (Wildman–Crippen MR) is 196 cm³/mol. The topological polar surface area (TPSA) is 24.7 Å². The van der Waals surface area contributed by atoms with E-state index >= 15 is 0 Å². The molecule has 4 aromatic rings. The van der Waals surface area contributed by atoms with Gasteiger partial charge in [0.05, 0.1) is 12.1 Å². The van der Waals surface area contributed by atoms with E-state index in [4.69, 9.17) is 9.98 Å². The highest BCUT2D eigenvalue weighted by atomic mass is 32.2. The Morgan fingerprint density at radius 1 is 0.523 bits per heavy atom. The minimum atomic E-state index is 0.106. The largest absolute Gasteiger partial charge is 0.287 e. The third-order valence-corrected chi connectivity index (χ3v) is 9.95. The van der Waals surface area contributed by atoms with Crippen molar-refractivity contribution in [3.05, 3.63) is 108 Å². The molecule has 0 amide bonds. The molecule has 0 aromatic heterocycles. The zero-order chi connectivity index (χ0) is 31.2. The average molecular weight is 619 g/mol. The Bertz CT molecular complexity index is 1460. The number of aliphatic imine (C=N–C) groups is 2. The van der Waals surface area contributed by atoms with Gasteiger partial charge in [0.15, 0.2) is 0 Å². The van der Waals surface area contributed by atoms with Crippen LogP contribution >= 0.6 is 23.5 Å². The Morgan fingerprint density at radius 2 is 0.909 bits per heavy atom. The molecule has 1 aliphatic rings. The normalized spacial score (nSPS) is 17.9. The molecule has 0 radical (unpaired) electrons. The second-order valence-corrected chi connectivity index (χ2v) is 17.4. The number of nitrogens with zero attached hydrogens (tertiary/aromatic N) is 2. The molecule has 0 spiro atoms. The summed E-state index contributed by atoms with van der Waals surface area (Å²) in [4.78, 5) is 13.0. The number of benzene rings is 4. The molecule has 0 heterocycles. The van der Waals surface area contributed by atoms with Gasteiger partial charge in [-0.05, 0) is 47.2 Å². The Balaban J connectivity index is 1.40. The summed E-state index contributed by atoms with van der Waals surface area (Å²) in [5.74, 6) is 0. The van der Waals surface area contributed by atoms with Gasteiger partial charge in [0.25, 0.3) is 0 Å². The second kappa shape index (κ2) is 14.3. The van der Waals surface area contributed by atoms with Crippen LogP contribution < -0.4 is 0 Å². The number of hydrogen-bond donors (Lipinski definition) is 0. The van der Waals surface area contributed by atoms with Crippen molar-refractivity contribution in [2.75, 3.05) is 0 Å². The Morgan fingerprint density at radius 3 is 1.27 bits per heavy atom. The SMILES string of the molecule is CC(C)(C)Sc1cc(-c2ccccc2)ccc1C=N[C@@H]1CCCC[C@H]1N=Cc1ccc(-c2ccccc2)cc1SC(C)(C)C. The van der Waals surface area contributed by atoms with E-state index in [1.165, 1.54) is 56.0 Å². The van der Waals surface area contributed by atoms with Crippen molar-refractivity contribution in [3.63, 3.8) is 0 Å². The van der Waals surface area contributed by atoms with Crippen LogP contribution in [0.2, 0.25) is 0 Å². The van der Waals surface area contributed by atoms with Crippen LogP contribution in [0.3, 0.4) is 0 Å². The van der Waals surface area contributed by atoms with Crippen LogP contribution in [-0.4, -0.2) is 34.0 Å². The molecule has 4 heteroatoms. The van der Waals surface area contributed by atoms with Crippen LogP contribution in [0.1, 0.15) is 78.4 Å². The van der Waals surface area contributed by atoms with Gasteiger partial charge in [-0.15, -0.1) is 23.5 Å². The molecule has 2 atom stereocenters. The fraction of sp³-hybridized carbons (Fsp3) is 0.350. The van der Waals surface area contributed by atoms with Crippen molar-refractivity contribution in [1.82, 2.24) is 0 Å². The van der Waals surface area contributed by atoms with E-state index in [2.05, 4.69) is 151 Å². The summed E-state index contributed by atoms with van der Waals surface area (Å²) >= 11 is 3.83. The van der Waals surface area contributed by atoms with Crippen LogP contribution in [0, 0.1) is 0 Å². The van der Waals surface area contributed by atoms with Crippen LogP contribution in [0.5, 0.6) is 0 Å². The van der Waals surface area contributed by atoms with E-state index in [0.717, 1.165) is 12.8 Å². The Labute approximate surface area is 273 Å². The molecular weight excluding hydrogens is 573 g/mol. The number of hydrogen-bond acceptors (Lipinski definition) is 4. The minimum Gasteiger partial charge on any atom is -0.287 e. The van der Waals surface area contributed by atoms with Gasteiger partial charge in [-0.2, -0.15) is 0 Å². The minimum absolute atomic E-state index is 0.106. The lowest BCUT2D eigenvalue weighted by Gasteiger charge is -2.26. The molecule has 1 aliphatic carbocycles. The maximum Gasteiger partial charge on any atom is 0.0723 e. The number of thioether (sulfide) groups is 2. The first-order valence-electron chi connectivity index (χ1n) is 15.9. The molecule has 0 aliphatic heterocycles. The zero-order valence-corrected chi connectivity index (χ0v) is 28.7. The van der Waals surface area contributed by atoms with E-state index in [-0.39, 0.29) is 21.6 Å². The molecular formula is C40H46N2S2. The lowest BCUT2D eigenvalue weighted by molar-refractivity contribution is 0.390. The quantitative estimate of drug-likeness (QED) is 0.145. The highest BCUT2D eigenvalue weighted by molar-refractivity contribution is 8.01. The summed E-state index contributed by atoms with van der Waals surface area (Å²) in [6.45, 7) is 13.7. The van der Waals surface area contributed by atoms with Crippen LogP contribution in [0.15, 0.2) is 117 Å². The first kappa shape index (κ1) is 32.3. The number of rotatable bonds is 8. The lowest BCUT2D eigenvalue weighted by Crippen LogP contribution is -2.27. The van der Waals surface area contributed by atoms with Gasteiger partial charge >= 0.3 is 0 Å². The molecule has 0 saturated heterocycles. The maximum atomic E-state index is 5.22. The molecule has 5 rings (SSSR count). The molecule has 0 bridgehead atoms. The fourth-order valence-corrected chi connectivity index (χ4v) is 7.70. The molecule has 0 unspecified atom stereocenters. The van der Waals surface area contributed by atoms with E-state index < -0.39 is 0 Å².